The molecule has 33 heavy (non-hydrogen) atoms. The highest BCUT2D eigenvalue weighted by Crippen LogP contribution is 2.30. The lowest BCUT2D eigenvalue weighted by Gasteiger charge is -2.09. The normalized spacial score (nSPS) is 11.0. The topological polar surface area (TPSA) is 69.0 Å². The molecule has 1 amide bonds. The van der Waals surface area contributed by atoms with Crippen molar-refractivity contribution in [1.29, 1.82) is 0 Å². The van der Waals surface area contributed by atoms with Crippen LogP contribution in [0.1, 0.15) is 24.2 Å². The lowest BCUT2D eigenvalue weighted by Crippen LogP contribution is -2.12. The fourth-order valence-electron chi connectivity index (χ4n) is 3.05. The number of hydrogen-bond donors (Lipinski definition) is 1. The first-order valence-electron chi connectivity index (χ1n) is 10.1. The Bertz CT molecular complexity index is 1290. The minimum absolute atomic E-state index is 0.105. The number of benzene rings is 3. The summed E-state index contributed by atoms with van der Waals surface area (Å²) in [5.74, 6) is -0.220. The van der Waals surface area contributed by atoms with Crippen LogP contribution in [0.2, 0.25) is 10.0 Å². The van der Waals surface area contributed by atoms with Crippen LogP contribution in [0.15, 0.2) is 66.7 Å². The molecule has 0 saturated heterocycles. The number of nitrogens with zero attached hydrogens (tertiary/aromatic N) is 3. The summed E-state index contributed by atoms with van der Waals surface area (Å²) in [5.41, 5.74) is 2.34. The third kappa shape index (κ3) is 5.32. The molecule has 3 aromatic carbocycles. The van der Waals surface area contributed by atoms with Gasteiger partial charge in [-0.05, 0) is 80.6 Å². The van der Waals surface area contributed by atoms with Crippen LogP contribution in [0.3, 0.4) is 0 Å². The van der Waals surface area contributed by atoms with Gasteiger partial charge in [0.25, 0.3) is 5.91 Å². The third-order valence-electron chi connectivity index (χ3n) is 4.58. The van der Waals surface area contributed by atoms with E-state index in [1.54, 1.807) is 47.1 Å². The first-order chi connectivity index (χ1) is 15.8. The van der Waals surface area contributed by atoms with Gasteiger partial charge in [-0.3, -0.25) is 4.79 Å². The Morgan fingerprint density at radius 2 is 1.70 bits per heavy atom. The van der Waals surface area contributed by atoms with Crippen LogP contribution in [0, 0.1) is 5.82 Å². The fraction of sp³-hybridized carbons (Fsp3) is 0.125. The largest absolute Gasteiger partial charge is 0.460 e. The Labute approximate surface area is 199 Å². The molecule has 0 aliphatic carbocycles. The van der Waals surface area contributed by atoms with Gasteiger partial charge in [0, 0.05) is 16.8 Å². The summed E-state index contributed by atoms with van der Waals surface area (Å²) in [6, 6.07) is 17.8. The predicted octanol–water partition coefficient (Wildman–Crippen LogP) is 6.42. The fourth-order valence-corrected chi connectivity index (χ4v) is 3.34. The highest BCUT2D eigenvalue weighted by Gasteiger charge is 2.17. The van der Waals surface area contributed by atoms with E-state index in [0.717, 1.165) is 0 Å². The zero-order valence-corrected chi connectivity index (χ0v) is 19.2. The van der Waals surface area contributed by atoms with Crippen LogP contribution in [-0.4, -0.2) is 26.8 Å². The second kappa shape index (κ2) is 9.60. The summed E-state index contributed by atoms with van der Waals surface area (Å²) in [6.45, 7) is 3.77. The maximum atomic E-state index is 13.1. The van der Waals surface area contributed by atoms with Gasteiger partial charge in [0.2, 0.25) is 0 Å². The van der Waals surface area contributed by atoms with E-state index >= 15 is 0 Å². The van der Waals surface area contributed by atoms with E-state index in [2.05, 4.69) is 15.4 Å². The lowest BCUT2D eigenvalue weighted by molar-refractivity contribution is 0.102. The standard InChI is InChI=1S/C24H19Cl2FN4O2/c1-14(2)33-24-29-22(16-5-12-20(25)21(26)13-16)31(30-24)19-10-8-18(9-11-19)28-23(32)15-3-6-17(27)7-4-15/h3-14H,1-2H3,(H,28,32). The Hall–Kier alpha value is -3.42. The van der Waals surface area contributed by atoms with Crippen molar-refractivity contribution in [3.05, 3.63) is 88.2 Å². The third-order valence-corrected chi connectivity index (χ3v) is 5.32. The first kappa shape index (κ1) is 22.8. The van der Waals surface area contributed by atoms with E-state index in [9.17, 15) is 9.18 Å². The van der Waals surface area contributed by atoms with Crippen molar-refractivity contribution in [2.45, 2.75) is 20.0 Å². The smallest absolute Gasteiger partial charge is 0.336 e. The van der Waals surface area contributed by atoms with Gasteiger partial charge in [0.15, 0.2) is 5.82 Å². The number of carbonyl (C=O) groups is 1. The number of ether oxygens (including phenoxy) is 1. The van der Waals surface area contributed by atoms with E-state index in [1.165, 1.54) is 24.3 Å². The van der Waals surface area contributed by atoms with Gasteiger partial charge >= 0.3 is 6.01 Å². The predicted molar refractivity (Wildman–Crippen MR) is 127 cm³/mol. The van der Waals surface area contributed by atoms with E-state index in [0.29, 0.717) is 38.4 Å². The number of rotatable bonds is 6. The molecule has 168 valence electrons. The van der Waals surface area contributed by atoms with Crippen LogP contribution in [-0.2, 0) is 0 Å². The Morgan fingerprint density at radius 3 is 2.33 bits per heavy atom. The van der Waals surface area contributed by atoms with Gasteiger partial charge in [0.1, 0.15) is 5.82 Å². The lowest BCUT2D eigenvalue weighted by atomic mass is 10.2. The highest BCUT2D eigenvalue weighted by molar-refractivity contribution is 6.42. The monoisotopic (exact) mass is 484 g/mol. The van der Waals surface area contributed by atoms with Crippen LogP contribution < -0.4 is 10.1 Å². The molecule has 6 nitrogen and oxygen atoms in total. The summed E-state index contributed by atoms with van der Waals surface area (Å²) in [7, 11) is 0. The van der Waals surface area contributed by atoms with E-state index in [-0.39, 0.29) is 18.0 Å². The number of nitrogens with one attached hydrogen (secondary N) is 1. The maximum absolute atomic E-state index is 13.1. The molecular weight excluding hydrogens is 466 g/mol. The summed E-state index contributed by atoms with van der Waals surface area (Å²) >= 11 is 12.3. The minimum atomic E-state index is -0.401. The average molecular weight is 485 g/mol. The Kier molecular flexibility index (Phi) is 6.62. The zero-order valence-electron chi connectivity index (χ0n) is 17.7. The summed E-state index contributed by atoms with van der Waals surface area (Å²) in [6.07, 6.45) is -0.105. The van der Waals surface area contributed by atoms with Gasteiger partial charge in [-0.1, -0.05) is 23.2 Å². The molecule has 1 heterocycles. The Balaban J connectivity index is 1.63. The molecule has 4 rings (SSSR count). The van der Waals surface area contributed by atoms with Crippen molar-refractivity contribution in [3.63, 3.8) is 0 Å². The zero-order chi connectivity index (χ0) is 23.5. The van der Waals surface area contributed by atoms with Crippen molar-refractivity contribution >= 4 is 34.8 Å². The van der Waals surface area contributed by atoms with Crippen LogP contribution in [0.5, 0.6) is 6.01 Å². The molecular formula is C24H19Cl2FN4O2. The van der Waals surface area contributed by atoms with Gasteiger partial charge in [0.05, 0.1) is 21.8 Å². The number of halogens is 3. The molecule has 0 aliphatic heterocycles. The number of hydrogen-bond acceptors (Lipinski definition) is 4. The second-order valence-corrected chi connectivity index (χ2v) is 8.25. The minimum Gasteiger partial charge on any atom is -0.460 e. The maximum Gasteiger partial charge on any atom is 0.336 e. The molecule has 0 bridgehead atoms. The van der Waals surface area contributed by atoms with Crippen molar-refractivity contribution in [3.8, 4) is 23.1 Å². The number of carbonyl (C=O) groups excluding carboxylic acids is 1. The number of aromatic nitrogens is 3. The van der Waals surface area contributed by atoms with Gasteiger partial charge < -0.3 is 10.1 Å². The van der Waals surface area contributed by atoms with Crippen molar-refractivity contribution < 1.29 is 13.9 Å². The molecule has 0 aliphatic rings. The molecule has 1 N–H and O–H groups in total. The summed E-state index contributed by atoms with van der Waals surface area (Å²) in [5, 5.41) is 8.10. The van der Waals surface area contributed by atoms with Crippen molar-refractivity contribution in [2.24, 2.45) is 0 Å². The molecule has 0 fully saturated rings. The van der Waals surface area contributed by atoms with E-state index in [1.807, 2.05) is 13.8 Å². The van der Waals surface area contributed by atoms with Gasteiger partial charge in [-0.2, -0.15) is 4.98 Å². The van der Waals surface area contributed by atoms with Crippen molar-refractivity contribution in [1.82, 2.24) is 14.8 Å². The highest BCUT2D eigenvalue weighted by atomic mass is 35.5. The van der Waals surface area contributed by atoms with E-state index < -0.39 is 5.82 Å². The van der Waals surface area contributed by atoms with Gasteiger partial charge in [-0.25, -0.2) is 9.07 Å². The molecule has 0 unspecified atom stereocenters. The Morgan fingerprint density at radius 1 is 1.00 bits per heavy atom. The molecule has 1 aromatic heterocycles. The quantitative estimate of drug-likeness (QED) is 0.342. The molecule has 4 aromatic rings. The number of amides is 1. The molecule has 0 radical (unpaired) electrons. The van der Waals surface area contributed by atoms with Crippen molar-refractivity contribution in [2.75, 3.05) is 5.32 Å². The average Bonchev–Trinajstić information content (AvgIpc) is 3.19. The number of anilines is 1. The molecule has 9 heteroatoms. The van der Waals surface area contributed by atoms with E-state index in [4.69, 9.17) is 27.9 Å². The van der Waals surface area contributed by atoms with Crippen LogP contribution in [0.25, 0.3) is 17.1 Å². The van der Waals surface area contributed by atoms with Crippen LogP contribution in [0.4, 0.5) is 10.1 Å². The summed E-state index contributed by atoms with van der Waals surface area (Å²) in [4.78, 5) is 16.9. The van der Waals surface area contributed by atoms with Crippen LogP contribution >= 0.6 is 23.2 Å². The first-order valence-corrected chi connectivity index (χ1v) is 10.8. The molecule has 0 spiro atoms. The van der Waals surface area contributed by atoms with Gasteiger partial charge in [-0.15, -0.1) is 5.10 Å². The molecule has 0 saturated carbocycles. The SMILES string of the molecule is CC(C)Oc1nc(-c2ccc(Cl)c(Cl)c2)n(-c2ccc(NC(=O)c3ccc(F)cc3)cc2)n1. The molecule has 0 atom stereocenters. The second-order valence-electron chi connectivity index (χ2n) is 7.43. The summed E-state index contributed by atoms with van der Waals surface area (Å²) < 4.78 is 20.4.